The molecule has 3 heteroatoms. The fraction of sp³-hybridized carbons (Fsp3) is 1.00. The molecule has 1 aliphatic heterocycles. The van der Waals surface area contributed by atoms with Gasteiger partial charge in [0.05, 0.1) is 12.2 Å². The van der Waals surface area contributed by atoms with Gasteiger partial charge in [-0.2, -0.15) is 0 Å². The van der Waals surface area contributed by atoms with Crippen LogP contribution in [0, 0.1) is 5.92 Å². The molecule has 0 amide bonds. The lowest BCUT2D eigenvalue weighted by Crippen LogP contribution is -2.38. The number of hydrogen-bond donors (Lipinski definition) is 2. The van der Waals surface area contributed by atoms with Crippen molar-refractivity contribution in [1.82, 2.24) is 4.90 Å². The second kappa shape index (κ2) is 6.88. The lowest BCUT2D eigenvalue weighted by molar-refractivity contribution is 0.0698. The van der Waals surface area contributed by atoms with Crippen molar-refractivity contribution >= 4 is 0 Å². The number of β-amino-alcohol motifs (C(OH)–C–C–N with tert-alkyl or cyclic N) is 1. The van der Waals surface area contributed by atoms with E-state index in [2.05, 4.69) is 4.90 Å². The van der Waals surface area contributed by atoms with Gasteiger partial charge in [0.1, 0.15) is 0 Å². The average molecular weight is 255 g/mol. The zero-order valence-corrected chi connectivity index (χ0v) is 11.7. The molecule has 1 aliphatic carbocycles. The molecule has 0 spiro atoms. The highest BCUT2D eigenvalue weighted by atomic mass is 16.3. The van der Waals surface area contributed by atoms with Crippen molar-refractivity contribution in [3.8, 4) is 0 Å². The molecule has 106 valence electrons. The van der Waals surface area contributed by atoms with Crippen LogP contribution in [0.5, 0.6) is 0 Å². The molecule has 2 aliphatic rings. The van der Waals surface area contributed by atoms with Crippen LogP contribution in [0.2, 0.25) is 0 Å². The summed E-state index contributed by atoms with van der Waals surface area (Å²) in [5, 5.41) is 19.7. The van der Waals surface area contributed by atoms with E-state index < -0.39 is 0 Å². The number of nitrogens with zero attached hydrogens (tertiary/aromatic N) is 1. The number of aliphatic hydroxyl groups is 2. The summed E-state index contributed by atoms with van der Waals surface area (Å²) < 4.78 is 0. The number of rotatable bonds is 6. The van der Waals surface area contributed by atoms with Crippen molar-refractivity contribution < 1.29 is 10.2 Å². The fourth-order valence-corrected chi connectivity index (χ4v) is 3.77. The third-order valence-electron chi connectivity index (χ3n) is 4.64. The van der Waals surface area contributed by atoms with E-state index in [1.165, 1.54) is 38.5 Å². The van der Waals surface area contributed by atoms with E-state index in [-0.39, 0.29) is 12.2 Å². The van der Waals surface area contributed by atoms with E-state index >= 15 is 0 Å². The topological polar surface area (TPSA) is 43.7 Å². The highest BCUT2D eigenvalue weighted by Gasteiger charge is 2.28. The number of aliphatic hydroxyl groups excluding tert-OH is 2. The second-order valence-electron chi connectivity index (χ2n) is 6.42. The lowest BCUT2D eigenvalue weighted by Gasteiger charge is -2.28. The van der Waals surface area contributed by atoms with E-state index in [0.29, 0.717) is 6.04 Å². The zero-order valence-electron chi connectivity index (χ0n) is 11.7. The highest BCUT2D eigenvalue weighted by molar-refractivity contribution is 4.83. The van der Waals surface area contributed by atoms with Gasteiger partial charge in [-0.25, -0.2) is 0 Å². The van der Waals surface area contributed by atoms with Crippen LogP contribution in [-0.2, 0) is 0 Å². The van der Waals surface area contributed by atoms with E-state index in [9.17, 15) is 10.2 Å². The Morgan fingerprint density at radius 2 is 1.78 bits per heavy atom. The van der Waals surface area contributed by atoms with E-state index in [1.54, 1.807) is 0 Å². The van der Waals surface area contributed by atoms with Gasteiger partial charge in [-0.1, -0.05) is 25.7 Å². The first-order valence-electron chi connectivity index (χ1n) is 7.75. The van der Waals surface area contributed by atoms with Gasteiger partial charge in [0, 0.05) is 12.6 Å². The Kier molecular flexibility index (Phi) is 5.46. The summed E-state index contributed by atoms with van der Waals surface area (Å²) in [6.45, 7) is 3.78. The van der Waals surface area contributed by atoms with E-state index in [1.807, 2.05) is 6.92 Å². The van der Waals surface area contributed by atoms with Crippen molar-refractivity contribution in [2.24, 2.45) is 5.92 Å². The second-order valence-corrected chi connectivity index (χ2v) is 6.42. The maximum atomic E-state index is 10.2. The van der Waals surface area contributed by atoms with Crippen LogP contribution in [0.15, 0.2) is 0 Å². The molecular formula is C15H29NO2. The molecule has 0 aromatic heterocycles. The molecule has 3 nitrogen and oxygen atoms in total. The molecule has 1 saturated heterocycles. The molecule has 0 aromatic carbocycles. The quantitative estimate of drug-likeness (QED) is 0.764. The smallest absolute Gasteiger partial charge is 0.0669 e. The maximum Gasteiger partial charge on any atom is 0.0669 e. The highest BCUT2D eigenvalue weighted by Crippen LogP contribution is 2.29. The SMILES string of the molecule is CC(O)CC1CCCN1CC(O)CC1CCCC1. The lowest BCUT2D eigenvalue weighted by atomic mass is 9.99. The summed E-state index contributed by atoms with van der Waals surface area (Å²) in [5.74, 6) is 0.762. The molecule has 3 atom stereocenters. The molecule has 0 bridgehead atoms. The molecule has 0 radical (unpaired) electrons. The average Bonchev–Trinajstić information content (AvgIpc) is 2.91. The van der Waals surface area contributed by atoms with Crippen LogP contribution in [0.4, 0.5) is 0 Å². The van der Waals surface area contributed by atoms with Gasteiger partial charge >= 0.3 is 0 Å². The Morgan fingerprint density at radius 3 is 2.44 bits per heavy atom. The predicted molar refractivity (Wildman–Crippen MR) is 73.5 cm³/mol. The summed E-state index contributed by atoms with van der Waals surface area (Å²) in [7, 11) is 0. The summed E-state index contributed by atoms with van der Waals surface area (Å²) in [5.41, 5.74) is 0. The van der Waals surface area contributed by atoms with Gasteiger partial charge in [0.25, 0.3) is 0 Å². The van der Waals surface area contributed by atoms with Crippen molar-refractivity contribution in [3.05, 3.63) is 0 Å². The van der Waals surface area contributed by atoms with E-state index in [0.717, 1.165) is 31.8 Å². The van der Waals surface area contributed by atoms with Crippen molar-refractivity contribution in [2.45, 2.75) is 76.5 Å². The Morgan fingerprint density at radius 1 is 1.06 bits per heavy atom. The van der Waals surface area contributed by atoms with Crippen molar-refractivity contribution in [2.75, 3.05) is 13.1 Å². The standard InChI is InChI=1S/C15H29NO2/c1-12(17)9-14-7-4-8-16(14)11-15(18)10-13-5-2-3-6-13/h12-15,17-18H,2-11H2,1H3. The first-order valence-corrected chi connectivity index (χ1v) is 7.75. The summed E-state index contributed by atoms with van der Waals surface area (Å²) in [6.07, 6.45) is 9.19. The Bertz CT molecular complexity index is 239. The molecule has 18 heavy (non-hydrogen) atoms. The molecule has 1 heterocycles. The summed E-state index contributed by atoms with van der Waals surface area (Å²) in [4.78, 5) is 2.40. The normalized spacial score (nSPS) is 29.8. The van der Waals surface area contributed by atoms with Gasteiger partial charge in [-0.05, 0) is 45.1 Å². The Labute approximate surface area is 111 Å². The van der Waals surface area contributed by atoms with Gasteiger partial charge in [-0.15, -0.1) is 0 Å². The third-order valence-corrected chi connectivity index (χ3v) is 4.64. The van der Waals surface area contributed by atoms with Gasteiger partial charge in [0.15, 0.2) is 0 Å². The first kappa shape index (κ1) is 14.3. The van der Waals surface area contributed by atoms with Crippen LogP contribution in [-0.4, -0.2) is 46.5 Å². The van der Waals surface area contributed by atoms with Crippen molar-refractivity contribution in [1.29, 1.82) is 0 Å². The molecule has 2 rings (SSSR count). The van der Waals surface area contributed by atoms with Crippen LogP contribution in [0.25, 0.3) is 0 Å². The molecule has 3 unspecified atom stereocenters. The van der Waals surface area contributed by atoms with Crippen LogP contribution >= 0.6 is 0 Å². The summed E-state index contributed by atoms with van der Waals surface area (Å²) in [6, 6.07) is 0.489. The van der Waals surface area contributed by atoms with E-state index in [4.69, 9.17) is 0 Å². The summed E-state index contributed by atoms with van der Waals surface area (Å²) >= 11 is 0. The monoisotopic (exact) mass is 255 g/mol. The minimum Gasteiger partial charge on any atom is -0.393 e. The van der Waals surface area contributed by atoms with Crippen LogP contribution in [0.1, 0.15) is 58.3 Å². The van der Waals surface area contributed by atoms with Gasteiger partial charge in [0.2, 0.25) is 0 Å². The Hall–Kier alpha value is -0.120. The number of likely N-dealkylation sites (tertiary alicyclic amines) is 1. The largest absolute Gasteiger partial charge is 0.393 e. The predicted octanol–water partition coefficient (Wildman–Crippen LogP) is 2.16. The molecule has 1 saturated carbocycles. The minimum absolute atomic E-state index is 0.164. The minimum atomic E-state index is -0.220. The fourth-order valence-electron chi connectivity index (χ4n) is 3.77. The first-order chi connectivity index (χ1) is 8.65. The third kappa shape index (κ3) is 4.22. The van der Waals surface area contributed by atoms with Gasteiger partial charge in [-0.3, -0.25) is 4.90 Å². The Balaban J connectivity index is 1.73. The van der Waals surface area contributed by atoms with Crippen LogP contribution in [0.3, 0.4) is 0 Å². The molecule has 0 aromatic rings. The molecular weight excluding hydrogens is 226 g/mol. The molecule has 2 fully saturated rings. The van der Waals surface area contributed by atoms with Gasteiger partial charge < -0.3 is 10.2 Å². The zero-order chi connectivity index (χ0) is 13.0. The van der Waals surface area contributed by atoms with Crippen molar-refractivity contribution in [3.63, 3.8) is 0 Å². The maximum absolute atomic E-state index is 10.2. The van der Waals surface area contributed by atoms with Crippen LogP contribution < -0.4 is 0 Å². The molecule has 2 N–H and O–H groups in total. The number of hydrogen-bond acceptors (Lipinski definition) is 3.